The van der Waals surface area contributed by atoms with Gasteiger partial charge in [0.05, 0.1) is 14.7 Å². The van der Waals surface area contributed by atoms with Gasteiger partial charge >= 0.3 is 11.0 Å². The van der Waals surface area contributed by atoms with Gasteiger partial charge in [0.25, 0.3) is 0 Å². The Morgan fingerprint density at radius 2 is 2.05 bits per heavy atom. The molecule has 1 aromatic carbocycles. The van der Waals surface area contributed by atoms with Gasteiger partial charge in [-0.3, -0.25) is 4.79 Å². The van der Waals surface area contributed by atoms with Crippen molar-refractivity contribution in [2.45, 2.75) is 26.4 Å². The summed E-state index contributed by atoms with van der Waals surface area (Å²) in [5.74, 6) is -0.539. The Kier molecular flexibility index (Phi) is 3.53. The second-order valence-corrected chi connectivity index (χ2v) is 6.77. The van der Waals surface area contributed by atoms with Crippen molar-refractivity contribution in [2.75, 3.05) is 0 Å². The van der Waals surface area contributed by atoms with Crippen LogP contribution in [0.15, 0.2) is 21.4 Å². The van der Waals surface area contributed by atoms with Crippen LogP contribution in [0.1, 0.15) is 20.8 Å². The van der Waals surface area contributed by atoms with Crippen molar-refractivity contribution in [3.05, 3.63) is 32.1 Å². The first-order valence-electron chi connectivity index (χ1n) is 5.43. The number of aromatic nitrogens is 1. The first-order valence-corrected chi connectivity index (χ1v) is 7.04. The van der Waals surface area contributed by atoms with Gasteiger partial charge in [-0.15, -0.1) is 0 Å². The maximum absolute atomic E-state index is 13.5. The number of nitrogens with zero attached hydrogens (tertiary/aromatic N) is 1. The molecular formula is C12H11BrFNO3S. The summed E-state index contributed by atoms with van der Waals surface area (Å²) in [6, 6.07) is 2.61. The van der Waals surface area contributed by atoms with E-state index in [1.54, 1.807) is 20.8 Å². The van der Waals surface area contributed by atoms with Crippen LogP contribution in [0.25, 0.3) is 10.2 Å². The van der Waals surface area contributed by atoms with Crippen molar-refractivity contribution in [1.82, 2.24) is 4.57 Å². The fraction of sp³-hybridized carbons (Fsp3) is 0.333. The van der Waals surface area contributed by atoms with E-state index in [1.165, 1.54) is 6.07 Å². The van der Waals surface area contributed by atoms with Crippen molar-refractivity contribution in [2.24, 2.45) is 0 Å². The molecule has 2 aromatic rings. The molecule has 0 amide bonds. The highest BCUT2D eigenvalue weighted by Crippen LogP contribution is 2.25. The summed E-state index contributed by atoms with van der Waals surface area (Å²) in [6.07, 6.45) is -0.800. The molecule has 0 fully saturated rings. The van der Waals surface area contributed by atoms with Gasteiger partial charge in [-0.1, -0.05) is 11.3 Å². The molecule has 1 aromatic heterocycles. The molecule has 0 atom stereocenters. The zero-order chi connectivity index (χ0) is 14.4. The quantitative estimate of drug-likeness (QED) is 0.729. The van der Waals surface area contributed by atoms with Gasteiger partial charge in [-0.05, 0) is 42.8 Å². The normalized spacial score (nSPS) is 11.8. The molecule has 0 aliphatic heterocycles. The average Bonchev–Trinajstić information content (AvgIpc) is 2.52. The molecule has 102 valence electrons. The van der Waals surface area contributed by atoms with Crippen LogP contribution >= 0.6 is 27.3 Å². The summed E-state index contributed by atoms with van der Waals surface area (Å²) in [5.41, 5.74) is -0.511. The summed E-state index contributed by atoms with van der Waals surface area (Å²) in [4.78, 5) is 23.3. The Balaban J connectivity index is 2.61. The van der Waals surface area contributed by atoms with Crippen LogP contribution in [0.2, 0.25) is 0 Å². The second-order valence-electron chi connectivity index (χ2n) is 4.92. The van der Waals surface area contributed by atoms with Gasteiger partial charge in [-0.25, -0.2) is 13.8 Å². The van der Waals surface area contributed by atoms with Crippen LogP contribution in [0.5, 0.6) is 0 Å². The SMILES string of the molecule is CC(C)(C)OC(=O)n1c(=O)sc2cc(Br)c(F)cc21. The Morgan fingerprint density at radius 3 is 2.63 bits per heavy atom. The molecule has 0 unspecified atom stereocenters. The van der Waals surface area contributed by atoms with Gasteiger partial charge in [-0.2, -0.15) is 0 Å². The smallest absolute Gasteiger partial charge is 0.422 e. The van der Waals surface area contributed by atoms with E-state index < -0.39 is 22.4 Å². The van der Waals surface area contributed by atoms with E-state index in [0.717, 1.165) is 22.0 Å². The van der Waals surface area contributed by atoms with E-state index in [0.29, 0.717) is 4.70 Å². The Bertz CT molecular complexity index is 714. The van der Waals surface area contributed by atoms with Crippen LogP contribution in [-0.2, 0) is 4.74 Å². The van der Waals surface area contributed by atoms with Crippen molar-refractivity contribution in [3.63, 3.8) is 0 Å². The molecule has 0 bridgehead atoms. The highest BCUT2D eigenvalue weighted by molar-refractivity contribution is 9.10. The minimum Gasteiger partial charge on any atom is -0.443 e. The van der Waals surface area contributed by atoms with E-state index in [4.69, 9.17) is 4.74 Å². The number of thiazole rings is 1. The fourth-order valence-electron chi connectivity index (χ4n) is 1.49. The number of ether oxygens (including phenoxy) is 1. The average molecular weight is 348 g/mol. The van der Waals surface area contributed by atoms with Crippen LogP contribution in [-0.4, -0.2) is 16.3 Å². The predicted octanol–water partition coefficient (Wildman–Crippen LogP) is 3.75. The minimum absolute atomic E-state index is 0.213. The zero-order valence-electron chi connectivity index (χ0n) is 10.5. The highest BCUT2D eigenvalue weighted by atomic mass is 79.9. The Labute approximate surface area is 120 Å². The summed E-state index contributed by atoms with van der Waals surface area (Å²) >= 11 is 3.91. The number of carbonyl (C=O) groups excluding carboxylic acids is 1. The van der Waals surface area contributed by atoms with Crippen LogP contribution in [0.4, 0.5) is 9.18 Å². The minimum atomic E-state index is -0.800. The molecule has 0 N–H and O–H groups in total. The molecule has 0 aliphatic rings. The molecule has 0 saturated carbocycles. The number of fused-ring (bicyclic) bond motifs is 1. The van der Waals surface area contributed by atoms with Crippen LogP contribution < -0.4 is 4.87 Å². The molecule has 0 spiro atoms. The van der Waals surface area contributed by atoms with Gasteiger partial charge in [0.2, 0.25) is 0 Å². The molecule has 0 saturated heterocycles. The van der Waals surface area contributed by atoms with E-state index in [9.17, 15) is 14.0 Å². The maximum atomic E-state index is 13.5. The number of halogens is 2. The lowest BCUT2D eigenvalue weighted by Gasteiger charge is -2.19. The molecule has 0 aliphatic carbocycles. The molecule has 1 heterocycles. The molecular weight excluding hydrogens is 337 g/mol. The topological polar surface area (TPSA) is 48.3 Å². The number of hydrogen-bond donors (Lipinski definition) is 0. The molecule has 0 radical (unpaired) electrons. The molecule has 19 heavy (non-hydrogen) atoms. The summed E-state index contributed by atoms with van der Waals surface area (Å²) < 4.78 is 20.3. The van der Waals surface area contributed by atoms with E-state index >= 15 is 0 Å². The lowest BCUT2D eigenvalue weighted by molar-refractivity contribution is 0.0541. The Morgan fingerprint density at radius 1 is 1.42 bits per heavy atom. The molecule has 4 nitrogen and oxygen atoms in total. The standard InChI is InChI=1S/C12H11BrFNO3S/c1-12(2,3)18-10(16)15-8-5-7(14)6(13)4-9(8)19-11(15)17/h4-5H,1-3H3. The summed E-state index contributed by atoms with van der Waals surface area (Å²) in [5, 5.41) is 0. The number of rotatable bonds is 0. The van der Waals surface area contributed by atoms with Crippen molar-refractivity contribution < 1.29 is 13.9 Å². The van der Waals surface area contributed by atoms with E-state index in [-0.39, 0.29) is 9.99 Å². The number of carbonyl (C=O) groups is 1. The third-order valence-corrected chi connectivity index (χ3v) is 3.71. The van der Waals surface area contributed by atoms with Gasteiger partial charge in [0, 0.05) is 6.07 Å². The molecule has 2 rings (SSSR count). The zero-order valence-corrected chi connectivity index (χ0v) is 12.9. The van der Waals surface area contributed by atoms with E-state index in [1.807, 2.05) is 0 Å². The van der Waals surface area contributed by atoms with Crippen LogP contribution in [0, 0.1) is 5.82 Å². The number of hydrogen-bond acceptors (Lipinski definition) is 4. The lowest BCUT2D eigenvalue weighted by Crippen LogP contribution is -2.31. The third-order valence-electron chi connectivity index (χ3n) is 2.20. The summed E-state index contributed by atoms with van der Waals surface area (Å²) in [6.45, 7) is 5.09. The lowest BCUT2D eigenvalue weighted by atomic mass is 10.2. The number of benzene rings is 1. The maximum Gasteiger partial charge on any atom is 0.422 e. The third kappa shape index (κ3) is 2.87. The Hall–Kier alpha value is -1.21. The summed E-state index contributed by atoms with van der Waals surface area (Å²) in [7, 11) is 0. The monoisotopic (exact) mass is 347 g/mol. The predicted molar refractivity (Wildman–Crippen MR) is 75.4 cm³/mol. The first-order chi connectivity index (χ1) is 8.69. The fourth-order valence-corrected chi connectivity index (χ4v) is 2.87. The van der Waals surface area contributed by atoms with Crippen molar-refractivity contribution in [1.29, 1.82) is 0 Å². The highest BCUT2D eigenvalue weighted by Gasteiger charge is 2.22. The van der Waals surface area contributed by atoms with Gasteiger partial charge in [0.15, 0.2) is 0 Å². The van der Waals surface area contributed by atoms with Crippen molar-refractivity contribution in [3.8, 4) is 0 Å². The second kappa shape index (κ2) is 4.72. The van der Waals surface area contributed by atoms with Crippen LogP contribution in [0.3, 0.4) is 0 Å². The van der Waals surface area contributed by atoms with E-state index in [2.05, 4.69) is 15.9 Å². The van der Waals surface area contributed by atoms with Crippen molar-refractivity contribution >= 4 is 43.6 Å². The largest absolute Gasteiger partial charge is 0.443 e. The van der Waals surface area contributed by atoms with Gasteiger partial charge in [0.1, 0.15) is 11.4 Å². The molecule has 7 heteroatoms. The first kappa shape index (κ1) is 14.2. The van der Waals surface area contributed by atoms with Gasteiger partial charge < -0.3 is 4.74 Å².